The van der Waals surface area contributed by atoms with E-state index in [-0.39, 0.29) is 0 Å². The van der Waals surface area contributed by atoms with Crippen molar-refractivity contribution < 1.29 is 4.42 Å². The van der Waals surface area contributed by atoms with E-state index in [9.17, 15) is 0 Å². The molecule has 5 heteroatoms. The molecule has 0 aliphatic rings. The summed E-state index contributed by atoms with van der Waals surface area (Å²) in [4.78, 5) is 11.3. The van der Waals surface area contributed by atoms with E-state index in [1.54, 1.807) is 6.26 Å². The maximum atomic E-state index is 5.35. The molecule has 0 atom stereocenters. The third kappa shape index (κ3) is 4.13. The standard InChI is InChI=1S/C19H22N4O/c1-3-23(14-16-8-5-4-6-9-16)19-12-18(21-15(2)22-19)20-13-17-10-7-11-24-17/h4-12H,3,13-14H2,1-2H3,(H,20,21,22). The van der Waals surface area contributed by atoms with Crippen LogP contribution in [0.2, 0.25) is 0 Å². The van der Waals surface area contributed by atoms with Crippen molar-refractivity contribution in [3.63, 3.8) is 0 Å². The van der Waals surface area contributed by atoms with Crippen LogP contribution in [0.3, 0.4) is 0 Å². The van der Waals surface area contributed by atoms with Crippen molar-refractivity contribution >= 4 is 11.6 Å². The zero-order valence-electron chi connectivity index (χ0n) is 14.1. The lowest BCUT2D eigenvalue weighted by atomic mass is 10.2. The molecule has 0 spiro atoms. The third-order valence-corrected chi connectivity index (χ3v) is 3.77. The van der Waals surface area contributed by atoms with Gasteiger partial charge >= 0.3 is 0 Å². The lowest BCUT2D eigenvalue weighted by Crippen LogP contribution is -2.23. The second kappa shape index (κ2) is 7.64. The van der Waals surface area contributed by atoms with Crippen molar-refractivity contribution in [3.8, 4) is 0 Å². The molecule has 3 aromatic rings. The number of hydrogen-bond donors (Lipinski definition) is 1. The van der Waals surface area contributed by atoms with Crippen LogP contribution in [0, 0.1) is 6.92 Å². The number of nitrogens with one attached hydrogen (secondary N) is 1. The Bertz CT molecular complexity index is 756. The SMILES string of the molecule is CCN(Cc1ccccc1)c1cc(NCc2ccco2)nc(C)n1. The van der Waals surface area contributed by atoms with Crippen molar-refractivity contribution in [3.05, 3.63) is 71.9 Å². The molecule has 1 aromatic carbocycles. The van der Waals surface area contributed by atoms with Crippen LogP contribution in [0.5, 0.6) is 0 Å². The fourth-order valence-electron chi connectivity index (χ4n) is 2.55. The molecule has 0 bridgehead atoms. The number of rotatable bonds is 7. The Hall–Kier alpha value is -2.82. The van der Waals surface area contributed by atoms with Crippen LogP contribution < -0.4 is 10.2 Å². The predicted molar refractivity (Wildman–Crippen MR) is 96.0 cm³/mol. The summed E-state index contributed by atoms with van der Waals surface area (Å²) >= 11 is 0. The number of hydrogen-bond acceptors (Lipinski definition) is 5. The van der Waals surface area contributed by atoms with Gasteiger partial charge in [0.05, 0.1) is 12.8 Å². The summed E-state index contributed by atoms with van der Waals surface area (Å²) in [7, 11) is 0. The Morgan fingerprint density at radius 3 is 2.62 bits per heavy atom. The highest BCUT2D eigenvalue weighted by Crippen LogP contribution is 2.19. The molecular weight excluding hydrogens is 300 g/mol. The fourth-order valence-corrected chi connectivity index (χ4v) is 2.55. The van der Waals surface area contributed by atoms with Gasteiger partial charge in [0.1, 0.15) is 23.2 Å². The van der Waals surface area contributed by atoms with E-state index in [4.69, 9.17) is 4.42 Å². The van der Waals surface area contributed by atoms with Crippen molar-refractivity contribution in [1.29, 1.82) is 0 Å². The molecule has 0 unspecified atom stereocenters. The molecule has 0 saturated carbocycles. The zero-order valence-corrected chi connectivity index (χ0v) is 14.1. The number of furan rings is 1. The van der Waals surface area contributed by atoms with Gasteiger partial charge in [0, 0.05) is 19.2 Å². The van der Waals surface area contributed by atoms with Crippen LogP contribution in [0.25, 0.3) is 0 Å². The Morgan fingerprint density at radius 2 is 1.92 bits per heavy atom. The first-order valence-corrected chi connectivity index (χ1v) is 8.15. The Labute approximate surface area is 142 Å². The van der Waals surface area contributed by atoms with E-state index in [1.165, 1.54) is 5.56 Å². The number of nitrogens with zero attached hydrogens (tertiary/aromatic N) is 3. The van der Waals surface area contributed by atoms with Gasteiger partial charge in [-0.1, -0.05) is 30.3 Å². The summed E-state index contributed by atoms with van der Waals surface area (Å²) in [6.07, 6.45) is 1.67. The fraction of sp³-hybridized carbons (Fsp3) is 0.263. The highest BCUT2D eigenvalue weighted by atomic mass is 16.3. The first kappa shape index (κ1) is 16.1. The minimum atomic E-state index is 0.605. The molecule has 0 aliphatic heterocycles. The average molecular weight is 322 g/mol. The van der Waals surface area contributed by atoms with Crippen molar-refractivity contribution in [2.24, 2.45) is 0 Å². The predicted octanol–water partition coefficient (Wildman–Crippen LogP) is 4.02. The van der Waals surface area contributed by atoms with Gasteiger partial charge in [0.15, 0.2) is 0 Å². The maximum absolute atomic E-state index is 5.35. The second-order valence-electron chi connectivity index (χ2n) is 5.59. The first-order valence-electron chi connectivity index (χ1n) is 8.15. The summed E-state index contributed by atoms with van der Waals surface area (Å²) in [6, 6.07) is 16.2. The van der Waals surface area contributed by atoms with E-state index in [0.717, 1.165) is 36.3 Å². The van der Waals surface area contributed by atoms with E-state index in [2.05, 4.69) is 51.4 Å². The van der Waals surface area contributed by atoms with Gasteiger partial charge in [-0.15, -0.1) is 0 Å². The molecule has 5 nitrogen and oxygen atoms in total. The topological polar surface area (TPSA) is 54.2 Å². The maximum Gasteiger partial charge on any atom is 0.134 e. The van der Waals surface area contributed by atoms with Gasteiger partial charge in [-0.2, -0.15) is 0 Å². The molecule has 2 heterocycles. The van der Waals surface area contributed by atoms with Gasteiger partial charge < -0.3 is 14.6 Å². The zero-order chi connectivity index (χ0) is 16.8. The summed E-state index contributed by atoms with van der Waals surface area (Å²) < 4.78 is 5.35. The molecular formula is C19H22N4O. The molecule has 3 rings (SSSR count). The molecule has 0 saturated heterocycles. The minimum absolute atomic E-state index is 0.605. The van der Waals surface area contributed by atoms with Crippen LogP contribution >= 0.6 is 0 Å². The summed E-state index contributed by atoms with van der Waals surface area (Å²) in [5.41, 5.74) is 1.26. The van der Waals surface area contributed by atoms with Crippen LogP contribution in [-0.2, 0) is 13.1 Å². The van der Waals surface area contributed by atoms with E-state index < -0.39 is 0 Å². The van der Waals surface area contributed by atoms with Gasteiger partial charge in [-0.25, -0.2) is 9.97 Å². The molecule has 2 aromatic heterocycles. The van der Waals surface area contributed by atoms with Crippen LogP contribution in [0.15, 0.2) is 59.2 Å². The lowest BCUT2D eigenvalue weighted by Gasteiger charge is -2.23. The van der Waals surface area contributed by atoms with Gasteiger partial charge in [0.25, 0.3) is 0 Å². The smallest absolute Gasteiger partial charge is 0.134 e. The highest BCUT2D eigenvalue weighted by Gasteiger charge is 2.10. The summed E-state index contributed by atoms with van der Waals surface area (Å²) in [6.45, 7) is 6.36. The van der Waals surface area contributed by atoms with Gasteiger partial charge in [-0.3, -0.25) is 0 Å². The molecule has 24 heavy (non-hydrogen) atoms. The van der Waals surface area contributed by atoms with Gasteiger partial charge in [0.2, 0.25) is 0 Å². The van der Waals surface area contributed by atoms with Crippen LogP contribution in [0.1, 0.15) is 24.1 Å². The highest BCUT2D eigenvalue weighted by molar-refractivity contribution is 5.49. The normalized spacial score (nSPS) is 10.6. The summed E-state index contributed by atoms with van der Waals surface area (Å²) in [5.74, 6) is 3.36. The number of aryl methyl sites for hydroxylation is 1. The molecule has 0 radical (unpaired) electrons. The molecule has 0 amide bonds. The minimum Gasteiger partial charge on any atom is -0.467 e. The molecule has 0 fully saturated rings. The Morgan fingerprint density at radius 1 is 1.08 bits per heavy atom. The Kier molecular flexibility index (Phi) is 5.11. The number of aromatic nitrogens is 2. The third-order valence-electron chi connectivity index (χ3n) is 3.77. The summed E-state index contributed by atoms with van der Waals surface area (Å²) in [5, 5.41) is 3.30. The number of anilines is 2. The van der Waals surface area contributed by atoms with E-state index in [0.29, 0.717) is 6.54 Å². The monoisotopic (exact) mass is 322 g/mol. The van der Waals surface area contributed by atoms with E-state index in [1.807, 2.05) is 31.2 Å². The van der Waals surface area contributed by atoms with Crippen LogP contribution in [-0.4, -0.2) is 16.5 Å². The van der Waals surface area contributed by atoms with Crippen molar-refractivity contribution in [2.45, 2.75) is 26.9 Å². The van der Waals surface area contributed by atoms with Crippen LogP contribution in [0.4, 0.5) is 11.6 Å². The molecule has 124 valence electrons. The molecule has 0 aliphatic carbocycles. The molecule has 1 N–H and O–H groups in total. The van der Waals surface area contributed by atoms with Gasteiger partial charge in [-0.05, 0) is 31.5 Å². The number of benzene rings is 1. The van der Waals surface area contributed by atoms with Crippen molar-refractivity contribution in [1.82, 2.24) is 9.97 Å². The quantitative estimate of drug-likeness (QED) is 0.712. The largest absolute Gasteiger partial charge is 0.467 e. The van der Waals surface area contributed by atoms with Crippen molar-refractivity contribution in [2.75, 3.05) is 16.8 Å². The Balaban J connectivity index is 1.75. The van der Waals surface area contributed by atoms with E-state index >= 15 is 0 Å². The first-order chi connectivity index (χ1) is 11.7. The second-order valence-corrected chi connectivity index (χ2v) is 5.59. The lowest BCUT2D eigenvalue weighted by molar-refractivity contribution is 0.517. The average Bonchev–Trinajstić information content (AvgIpc) is 3.12.